The summed E-state index contributed by atoms with van der Waals surface area (Å²) in [7, 11) is 2.14. The van der Waals surface area contributed by atoms with Gasteiger partial charge in [-0.15, -0.1) is 0 Å². The maximum Gasteiger partial charge on any atom is 0.0251 e. The maximum atomic E-state index is 3.58. The summed E-state index contributed by atoms with van der Waals surface area (Å²) in [6.45, 7) is 14.3. The van der Waals surface area contributed by atoms with Crippen LogP contribution in [0, 0.1) is 17.8 Å². The van der Waals surface area contributed by atoms with Gasteiger partial charge in [0.25, 0.3) is 0 Å². The summed E-state index contributed by atoms with van der Waals surface area (Å²) in [6.07, 6.45) is 5.43. The Labute approximate surface area is 121 Å². The highest BCUT2D eigenvalue weighted by atomic mass is 15.2. The average molecular weight is 268 g/mol. The zero-order chi connectivity index (χ0) is 14.4. The van der Waals surface area contributed by atoms with Crippen LogP contribution in [0.3, 0.4) is 0 Å². The predicted octanol–water partition coefficient (Wildman–Crippen LogP) is 3.77. The Hall–Kier alpha value is -0.0800. The predicted molar refractivity (Wildman–Crippen MR) is 85.5 cm³/mol. The lowest BCUT2D eigenvalue weighted by Crippen LogP contribution is -2.53. The maximum absolute atomic E-state index is 3.58. The monoisotopic (exact) mass is 268 g/mol. The van der Waals surface area contributed by atoms with Crippen molar-refractivity contribution in [2.75, 3.05) is 20.1 Å². The summed E-state index contributed by atoms with van der Waals surface area (Å²) in [4.78, 5) is 2.74. The topological polar surface area (TPSA) is 15.3 Å². The first-order chi connectivity index (χ1) is 9.03. The first-order valence-corrected chi connectivity index (χ1v) is 8.44. The molecule has 1 aliphatic rings. The van der Waals surface area contributed by atoms with Gasteiger partial charge in [-0.3, -0.25) is 4.90 Å². The molecule has 0 amide bonds. The third-order valence-electron chi connectivity index (χ3n) is 5.29. The number of rotatable bonds is 7. The summed E-state index contributed by atoms with van der Waals surface area (Å²) >= 11 is 0. The van der Waals surface area contributed by atoms with Gasteiger partial charge >= 0.3 is 0 Å². The van der Waals surface area contributed by atoms with Gasteiger partial charge in [-0.25, -0.2) is 0 Å². The molecular weight excluding hydrogens is 232 g/mol. The Kier molecular flexibility index (Phi) is 7.38. The molecule has 1 N–H and O–H groups in total. The zero-order valence-corrected chi connectivity index (χ0v) is 14.1. The normalized spacial score (nSPS) is 30.0. The Morgan fingerprint density at radius 1 is 1.16 bits per heavy atom. The standard InChI is InChI=1S/C17H36N2/c1-7-14(5)12-19(8-2)17-11-15(13(3)4)9-10-16(17)18-6/h13-18H,7-12H2,1-6H3. The van der Waals surface area contributed by atoms with E-state index in [4.69, 9.17) is 0 Å². The lowest BCUT2D eigenvalue weighted by atomic mass is 9.76. The smallest absolute Gasteiger partial charge is 0.0251 e. The Balaban J connectivity index is 2.71. The van der Waals surface area contributed by atoms with Crippen molar-refractivity contribution in [2.24, 2.45) is 17.8 Å². The van der Waals surface area contributed by atoms with Gasteiger partial charge in [-0.05, 0) is 50.6 Å². The van der Waals surface area contributed by atoms with E-state index in [0.717, 1.165) is 23.8 Å². The molecule has 2 heteroatoms. The highest BCUT2D eigenvalue weighted by molar-refractivity contribution is 4.91. The van der Waals surface area contributed by atoms with Crippen LogP contribution in [-0.2, 0) is 0 Å². The van der Waals surface area contributed by atoms with Crippen molar-refractivity contribution in [1.82, 2.24) is 10.2 Å². The summed E-state index contributed by atoms with van der Waals surface area (Å²) in [5.41, 5.74) is 0. The molecule has 114 valence electrons. The fourth-order valence-electron chi connectivity index (χ4n) is 3.55. The third kappa shape index (κ3) is 4.75. The van der Waals surface area contributed by atoms with Gasteiger partial charge in [0, 0.05) is 18.6 Å². The van der Waals surface area contributed by atoms with E-state index >= 15 is 0 Å². The molecule has 4 atom stereocenters. The van der Waals surface area contributed by atoms with E-state index in [0.29, 0.717) is 6.04 Å². The van der Waals surface area contributed by atoms with Crippen LogP contribution in [0.1, 0.15) is 60.3 Å². The molecule has 0 aromatic heterocycles. The number of likely N-dealkylation sites (N-methyl/N-ethyl adjacent to an activating group) is 2. The van der Waals surface area contributed by atoms with Crippen molar-refractivity contribution in [1.29, 1.82) is 0 Å². The van der Waals surface area contributed by atoms with Gasteiger partial charge in [0.1, 0.15) is 0 Å². The van der Waals surface area contributed by atoms with E-state index in [2.05, 4.69) is 51.9 Å². The van der Waals surface area contributed by atoms with E-state index in [9.17, 15) is 0 Å². The van der Waals surface area contributed by atoms with Crippen LogP contribution in [-0.4, -0.2) is 37.1 Å². The molecule has 0 saturated heterocycles. The van der Waals surface area contributed by atoms with Crippen molar-refractivity contribution in [2.45, 2.75) is 72.4 Å². The summed E-state index contributed by atoms with van der Waals surface area (Å²) in [5, 5.41) is 3.58. The molecule has 19 heavy (non-hydrogen) atoms. The SMILES string of the molecule is CCC(C)CN(CC)C1CC(C(C)C)CCC1NC. The Morgan fingerprint density at radius 2 is 1.84 bits per heavy atom. The first-order valence-electron chi connectivity index (χ1n) is 8.44. The van der Waals surface area contributed by atoms with Gasteiger partial charge in [-0.2, -0.15) is 0 Å². The number of nitrogens with one attached hydrogen (secondary N) is 1. The van der Waals surface area contributed by atoms with Crippen molar-refractivity contribution in [3.8, 4) is 0 Å². The molecule has 0 spiro atoms. The fourth-order valence-corrected chi connectivity index (χ4v) is 3.55. The molecule has 1 aliphatic carbocycles. The summed E-state index contributed by atoms with van der Waals surface area (Å²) in [6, 6.07) is 1.43. The number of hydrogen-bond donors (Lipinski definition) is 1. The van der Waals surface area contributed by atoms with Crippen LogP contribution < -0.4 is 5.32 Å². The van der Waals surface area contributed by atoms with Crippen LogP contribution in [0.4, 0.5) is 0 Å². The Morgan fingerprint density at radius 3 is 2.32 bits per heavy atom. The van der Waals surface area contributed by atoms with Gasteiger partial charge in [0.15, 0.2) is 0 Å². The van der Waals surface area contributed by atoms with Crippen molar-refractivity contribution in [3.05, 3.63) is 0 Å². The fraction of sp³-hybridized carbons (Fsp3) is 1.00. The van der Waals surface area contributed by atoms with E-state index < -0.39 is 0 Å². The molecule has 2 nitrogen and oxygen atoms in total. The van der Waals surface area contributed by atoms with Crippen molar-refractivity contribution >= 4 is 0 Å². The molecular formula is C17H36N2. The molecule has 0 bridgehead atoms. The Bertz CT molecular complexity index is 239. The zero-order valence-electron chi connectivity index (χ0n) is 14.1. The van der Waals surface area contributed by atoms with Crippen LogP contribution >= 0.6 is 0 Å². The highest BCUT2D eigenvalue weighted by Crippen LogP contribution is 2.33. The molecule has 4 unspecified atom stereocenters. The lowest BCUT2D eigenvalue weighted by molar-refractivity contribution is 0.0784. The van der Waals surface area contributed by atoms with Crippen LogP contribution in [0.5, 0.6) is 0 Å². The van der Waals surface area contributed by atoms with Gasteiger partial charge in [0.2, 0.25) is 0 Å². The number of hydrogen-bond acceptors (Lipinski definition) is 2. The van der Waals surface area contributed by atoms with Crippen molar-refractivity contribution < 1.29 is 0 Å². The minimum Gasteiger partial charge on any atom is -0.315 e. The van der Waals surface area contributed by atoms with E-state index in [1.807, 2.05) is 0 Å². The third-order valence-corrected chi connectivity index (χ3v) is 5.29. The summed E-state index contributed by atoms with van der Waals surface area (Å²) in [5.74, 6) is 2.57. The first kappa shape index (κ1) is 17.0. The molecule has 0 aliphatic heterocycles. The molecule has 0 aromatic rings. The molecule has 1 rings (SSSR count). The van der Waals surface area contributed by atoms with Crippen LogP contribution in [0.2, 0.25) is 0 Å². The molecule has 0 aromatic carbocycles. The molecule has 1 fully saturated rings. The molecule has 0 heterocycles. The largest absolute Gasteiger partial charge is 0.315 e. The van der Waals surface area contributed by atoms with Gasteiger partial charge in [0.05, 0.1) is 0 Å². The van der Waals surface area contributed by atoms with E-state index in [1.54, 1.807) is 0 Å². The quantitative estimate of drug-likeness (QED) is 0.756. The van der Waals surface area contributed by atoms with Gasteiger partial charge in [-0.1, -0.05) is 41.0 Å². The minimum absolute atomic E-state index is 0.694. The van der Waals surface area contributed by atoms with Crippen molar-refractivity contribution in [3.63, 3.8) is 0 Å². The van der Waals surface area contributed by atoms with Crippen LogP contribution in [0.15, 0.2) is 0 Å². The second kappa shape index (κ2) is 8.26. The second-order valence-electron chi connectivity index (χ2n) is 6.88. The van der Waals surface area contributed by atoms with E-state index in [-0.39, 0.29) is 0 Å². The summed E-state index contributed by atoms with van der Waals surface area (Å²) < 4.78 is 0. The molecule has 0 radical (unpaired) electrons. The number of nitrogens with zero attached hydrogens (tertiary/aromatic N) is 1. The second-order valence-corrected chi connectivity index (χ2v) is 6.88. The lowest BCUT2D eigenvalue weighted by Gasteiger charge is -2.44. The minimum atomic E-state index is 0.694. The van der Waals surface area contributed by atoms with Crippen LogP contribution in [0.25, 0.3) is 0 Å². The highest BCUT2D eigenvalue weighted by Gasteiger charge is 2.34. The van der Waals surface area contributed by atoms with Gasteiger partial charge < -0.3 is 5.32 Å². The average Bonchev–Trinajstić information content (AvgIpc) is 2.43. The molecule has 1 saturated carbocycles. The van der Waals surface area contributed by atoms with E-state index in [1.165, 1.54) is 38.8 Å².